The lowest BCUT2D eigenvalue weighted by atomic mass is 9.75. The maximum atomic E-state index is 14.1. The lowest BCUT2D eigenvalue weighted by Crippen LogP contribution is -2.35. The van der Waals surface area contributed by atoms with E-state index in [0.29, 0.717) is 12.0 Å². The summed E-state index contributed by atoms with van der Waals surface area (Å²) in [5.74, 6) is -1.00. The van der Waals surface area contributed by atoms with E-state index < -0.39 is 17.1 Å². The summed E-state index contributed by atoms with van der Waals surface area (Å²) < 4.78 is 14.1. The van der Waals surface area contributed by atoms with Gasteiger partial charge >= 0.3 is 5.97 Å². The molecule has 94 valence electrons. The highest BCUT2D eigenvalue weighted by molar-refractivity contribution is 5.87. The van der Waals surface area contributed by atoms with Crippen molar-refractivity contribution < 1.29 is 14.3 Å². The first-order valence-corrected chi connectivity index (χ1v) is 5.91. The number of carboxylic acids is 1. The molecule has 1 aliphatic rings. The zero-order chi connectivity index (χ0) is 13.2. The molecule has 0 atom stereocenters. The Kier molecular flexibility index (Phi) is 3.07. The molecule has 1 aliphatic carbocycles. The molecule has 0 saturated heterocycles. The molecule has 0 amide bonds. The second kappa shape index (κ2) is 4.41. The normalized spacial score (nSPS) is 30.3. The second-order valence-corrected chi connectivity index (χ2v) is 4.49. The van der Waals surface area contributed by atoms with E-state index in [-0.39, 0.29) is 0 Å². The van der Waals surface area contributed by atoms with Crippen LogP contribution in [0.1, 0.15) is 18.9 Å². The summed E-state index contributed by atoms with van der Waals surface area (Å²) >= 11 is 0. The number of hydrogen-bond acceptors (Lipinski definition) is 1. The summed E-state index contributed by atoms with van der Waals surface area (Å²) in [7, 11) is 0. The molecule has 0 aromatic heterocycles. The van der Waals surface area contributed by atoms with Gasteiger partial charge in [0, 0.05) is 0 Å². The average molecular weight is 246 g/mol. The van der Waals surface area contributed by atoms with Crippen LogP contribution in [0.2, 0.25) is 0 Å². The van der Waals surface area contributed by atoms with Crippen LogP contribution in [0.25, 0.3) is 0 Å². The average Bonchev–Trinajstić information content (AvgIpc) is 2.40. The molecule has 1 aromatic carbocycles. The molecular formula is C15H15FO2. The first-order chi connectivity index (χ1) is 8.52. The van der Waals surface area contributed by atoms with Crippen molar-refractivity contribution in [3.8, 4) is 0 Å². The molecule has 1 aromatic rings. The van der Waals surface area contributed by atoms with Gasteiger partial charge in [-0.25, -0.2) is 4.39 Å². The quantitative estimate of drug-likeness (QED) is 0.831. The fourth-order valence-electron chi connectivity index (χ4n) is 2.06. The number of allylic oxidation sites excluding steroid dienone is 2. The third-order valence-electron chi connectivity index (χ3n) is 3.39. The minimum absolute atomic E-state index is 0.296. The molecule has 0 aliphatic heterocycles. The van der Waals surface area contributed by atoms with E-state index in [1.54, 1.807) is 31.2 Å². The van der Waals surface area contributed by atoms with Gasteiger partial charge in [-0.15, -0.1) is 0 Å². The van der Waals surface area contributed by atoms with Gasteiger partial charge in [-0.05, 0) is 24.1 Å². The van der Waals surface area contributed by atoms with Crippen molar-refractivity contribution in [1.82, 2.24) is 0 Å². The highest BCUT2D eigenvalue weighted by Gasteiger charge is 2.40. The van der Waals surface area contributed by atoms with Crippen molar-refractivity contribution in [3.63, 3.8) is 0 Å². The van der Waals surface area contributed by atoms with Crippen LogP contribution in [0.5, 0.6) is 0 Å². The van der Waals surface area contributed by atoms with Crippen LogP contribution in [0.15, 0.2) is 54.6 Å². The van der Waals surface area contributed by atoms with Gasteiger partial charge in [0.15, 0.2) is 0 Å². The third kappa shape index (κ3) is 1.96. The lowest BCUT2D eigenvalue weighted by molar-refractivity contribution is -0.140. The molecule has 3 heteroatoms. The van der Waals surface area contributed by atoms with Gasteiger partial charge in [0.1, 0.15) is 11.1 Å². The molecular weight excluding hydrogens is 231 g/mol. The first kappa shape index (κ1) is 12.6. The number of carbonyl (C=O) groups is 1. The summed E-state index contributed by atoms with van der Waals surface area (Å²) in [5.41, 5.74) is -2.16. The number of carboxylic acid groups (broad SMARTS) is 1. The number of rotatable bonds is 3. The van der Waals surface area contributed by atoms with Crippen molar-refractivity contribution in [2.75, 3.05) is 0 Å². The van der Waals surface area contributed by atoms with Gasteiger partial charge in [0.25, 0.3) is 0 Å². The molecule has 0 fully saturated rings. The van der Waals surface area contributed by atoms with E-state index in [9.17, 15) is 14.3 Å². The SMILES string of the molecule is CCC1(F)C=CC(C(=O)O)(c2ccccc2)C=C1. The van der Waals surface area contributed by atoms with Gasteiger partial charge in [-0.3, -0.25) is 4.79 Å². The van der Waals surface area contributed by atoms with E-state index in [4.69, 9.17) is 0 Å². The van der Waals surface area contributed by atoms with Gasteiger partial charge < -0.3 is 5.11 Å². The van der Waals surface area contributed by atoms with Gasteiger partial charge in [-0.2, -0.15) is 0 Å². The summed E-state index contributed by atoms with van der Waals surface area (Å²) in [5, 5.41) is 9.46. The van der Waals surface area contributed by atoms with Crippen LogP contribution in [-0.2, 0) is 10.2 Å². The van der Waals surface area contributed by atoms with Crippen molar-refractivity contribution in [3.05, 3.63) is 60.2 Å². The molecule has 0 spiro atoms. The smallest absolute Gasteiger partial charge is 0.321 e. The van der Waals surface area contributed by atoms with Crippen molar-refractivity contribution in [2.24, 2.45) is 0 Å². The number of halogens is 1. The number of alkyl halides is 1. The second-order valence-electron chi connectivity index (χ2n) is 4.49. The van der Waals surface area contributed by atoms with Crippen LogP contribution < -0.4 is 0 Å². The lowest BCUT2D eigenvalue weighted by Gasteiger charge is -2.29. The summed E-state index contributed by atoms with van der Waals surface area (Å²) in [4.78, 5) is 11.6. The van der Waals surface area contributed by atoms with E-state index >= 15 is 0 Å². The fraction of sp³-hybridized carbons (Fsp3) is 0.267. The summed E-state index contributed by atoms with van der Waals surface area (Å²) in [6, 6.07) is 8.85. The summed E-state index contributed by atoms with van der Waals surface area (Å²) in [6.07, 6.45) is 5.86. The number of hydrogen-bond donors (Lipinski definition) is 1. The van der Waals surface area contributed by atoms with Gasteiger partial charge in [0.2, 0.25) is 0 Å². The standard InChI is InChI=1S/C15H15FO2/c1-2-14(16)8-10-15(11-9-14,13(17)18)12-6-4-3-5-7-12/h3-11H,2H2,1H3,(H,17,18). The molecule has 0 bridgehead atoms. The number of aliphatic carboxylic acids is 1. The fourth-order valence-corrected chi connectivity index (χ4v) is 2.06. The predicted molar refractivity (Wildman–Crippen MR) is 68.2 cm³/mol. The Balaban J connectivity index is 2.48. The zero-order valence-corrected chi connectivity index (χ0v) is 10.1. The first-order valence-electron chi connectivity index (χ1n) is 5.91. The van der Waals surface area contributed by atoms with E-state index in [2.05, 4.69) is 0 Å². The predicted octanol–water partition coefficient (Wildman–Crippen LogP) is 3.25. The summed E-state index contributed by atoms with van der Waals surface area (Å²) in [6.45, 7) is 1.73. The van der Waals surface area contributed by atoms with Gasteiger partial charge in [-0.1, -0.05) is 49.4 Å². The molecule has 0 saturated carbocycles. The maximum Gasteiger partial charge on any atom is 0.321 e. The molecule has 0 radical (unpaired) electrons. The molecule has 2 nitrogen and oxygen atoms in total. The van der Waals surface area contributed by atoms with Crippen LogP contribution in [0.4, 0.5) is 4.39 Å². The Labute approximate surface area is 105 Å². The highest BCUT2D eigenvalue weighted by atomic mass is 19.1. The third-order valence-corrected chi connectivity index (χ3v) is 3.39. The van der Waals surface area contributed by atoms with E-state index in [0.717, 1.165) is 0 Å². The Morgan fingerprint density at radius 1 is 1.17 bits per heavy atom. The van der Waals surface area contributed by atoms with Crippen LogP contribution >= 0.6 is 0 Å². The van der Waals surface area contributed by atoms with E-state index in [1.807, 2.05) is 6.07 Å². The Morgan fingerprint density at radius 3 is 2.17 bits per heavy atom. The Morgan fingerprint density at radius 2 is 1.72 bits per heavy atom. The molecule has 2 rings (SSSR count). The maximum absolute atomic E-state index is 14.1. The largest absolute Gasteiger partial charge is 0.480 e. The van der Waals surface area contributed by atoms with Gasteiger partial charge in [0.05, 0.1) is 0 Å². The molecule has 18 heavy (non-hydrogen) atoms. The minimum Gasteiger partial charge on any atom is -0.480 e. The topological polar surface area (TPSA) is 37.3 Å². The highest BCUT2D eigenvalue weighted by Crippen LogP contribution is 2.36. The van der Waals surface area contributed by atoms with Crippen molar-refractivity contribution in [1.29, 1.82) is 0 Å². The minimum atomic E-state index is -1.53. The Bertz CT molecular complexity index is 488. The molecule has 1 N–H and O–H groups in total. The van der Waals surface area contributed by atoms with Crippen LogP contribution in [0.3, 0.4) is 0 Å². The monoisotopic (exact) mass is 246 g/mol. The van der Waals surface area contributed by atoms with E-state index in [1.165, 1.54) is 24.3 Å². The molecule has 0 heterocycles. The van der Waals surface area contributed by atoms with Crippen molar-refractivity contribution >= 4 is 5.97 Å². The molecule has 0 unspecified atom stereocenters. The zero-order valence-electron chi connectivity index (χ0n) is 10.1. The number of benzene rings is 1. The van der Waals surface area contributed by atoms with Crippen LogP contribution in [0, 0.1) is 0 Å². The van der Waals surface area contributed by atoms with Crippen LogP contribution in [-0.4, -0.2) is 16.7 Å². The van der Waals surface area contributed by atoms with Crippen molar-refractivity contribution in [2.45, 2.75) is 24.4 Å². The Hall–Kier alpha value is -1.90.